The lowest BCUT2D eigenvalue weighted by atomic mass is 10.1. The lowest BCUT2D eigenvalue weighted by Gasteiger charge is -2.13. The van der Waals surface area contributed by atoms with Crippen LogP contribution < -0.4 is 4.74 Å². The fourth-order valence-corrected chi connectivity index (χ4v) is 1.52. The molecule has 0 fully saturated rings. The Labute approximate surface area is 87.2 Å². The van der Waals surface area contributed by atoms with E-state index in [1.54, 1.807) is 0 Å². The molecule has 0 unspecified atom stereocenters. The molecule has 0 atom stereocenters. The molecular weight excluding hydrogens is 263 g/mol. The Balaban J connectivity index is 3.34. The van der Waals surface area contributed by atoms with Gasteiger partial charge in [0.2, 0.25) is 5.88 Å². The van der Waals surface area contributed by atoms with Gasteiger partial charge in [-0.05, 0) is 11.6 Å². The van der Waals surface area contributed by atoms with Crippen LogP contribution >= 0.6 is 15.9 Å². The molecule has 14 heavy (non-hydrogen) atoms. The van der Waals surface area contributed by atoms with Crippen LogP contribution in [0.5, 0.6) is 5.88 Å². The quantitative estimate of drug-likeness (QED) is 0.771. The summed E-state index contributed by atoms with van der Waals surface area (Å²) in [4.78, 5) is 3.51. The second-order valence-corrected chi connectivity index (χ2v) is 3.05. The first-order valence-electron chi connectivity index (χ1n) is 3.65. The van der Waals surface area contributed by atoms with Gasteiger partial charge in [0.05, 0.1) is 7.11 Å². The molecule has 0 N–H and O–H groups in total. The second-order valence-electron chi connectivity index (χ2n) is 2.49. The van der Waals surface area contributed by atoms with Crippen LogP contribution in [0.4, 0.5) is 13.2 Å². The van der Waals surface area contributed by atoms with Crippen molar-refractivity contribution < 1.29 is 17.9 Å². The number of hydrogen-bond donors (Lipinski definition) is 0. The zero-order valence-corrected chi connectivity index (χ0v) is 8.82. The summed E-state index contributed by atoms with van der Waals surface area (Å²) in [6.45, 7) is 0. The van der Waals surface area contributed by atoms with Gasteiger partial charge in [0.1, 0.15) is 5.56 Å². The van der Waals surface area contributed by atoms with E-state index in [1.807, 2.05) is 0 Å². The van der Waals surface area contributed by atoms with E-state index < -0.39 is 17.6 Å². The Morgan fingerprint density at radius 1 is 1.50 bits per heavy atom. The molecule has 0 aliphatic carbocycles. The standard InChI is InChI=1S/C8H7BrF3NO/c1-14-7-6(8(10,11)12)5(4-9)2-3-13-7/h2-3H,4H2,1H3. The van der Waals surface area contributed by atoms with Gasteiger partial charge in [-0.3, -0.25) is 0 Å². The van der Waals surface area contributed by atoms with Gasteiger partial charge in [0, 0.05) is 11.5 Å². The van der Waals surface area contributed by atoms with Crippen molar-refractivity contribution >= 4 is 15.9 Å². The summed E-state index contributed by atoms with van der Waals surface area (Å²) in [6, 6.07) is 1.31. The van der Waals surface area contributed by atoms with Crippen LogP contribution in [-0.2, 0) is 11.5 Å². The Morgan fingerprint density at radius 2 is 2.14 bits per heavy atom. The highest BCUT2D eigenvalue weighted by molar-refractivity contribution is 9.08. The lowest BCUT2D eigenvalue weighted by Crippen LogP contribution is -2.11. The van der Waals surface area contributed by atoms with Gasteiger partial charge < -0.3 is 4.74 Å². The van der Waals surface area contributed by atoms with Crippen LogP contribution in [0.3, 0.4) is 0 Å². The maximum absolute atomic E-state index is 12.5. The molecule has 0 saturated carbocycles. The monoisotopic (exact) mass is 269 g/mol. The summed E-state index contributed by atoms with van der Waals surface area (Å²) in [5, 5.41) is 0.112. The van der Waals surface area contributed by atoms with Crippen molar-refractivity contribution in [3.05, 3.63) is 23.4 Å². The average molecular weight is 270 g/mol. The van der Waals surface area contributed by atoms with E-state index in [9.17, 15) is 13.2 Å². The topological polar surface area (TPSA) is 22.1 Å². The van der Waals surface area contributed by atoms with Crippen LogP contribution in [0.2, 0.25) is 0 Å². The molecule has 1 heterocycles. The Kier molecular flexibility index (Phi) is 3.36. The van der Waals surface area contributed by atoms with Gasteiger partial charge >= 0.3 is 6.18 Å². The fraction of sp³-hybridized carbons (Fsp3) is 0.375. The molecule has 0 spiro atoms. The fourth-order valence-electron chi connectivity index (χ4n) is 1.05. The Bertz CT molecular complexity index is 305. The zero-order chi connectivity index (χ0) is 10.8. The summed E-state index contributed by atoms with van der Waals surface area (Å²) >= 11 is 2.98. The SMILES string of the molecule is COc1nccc(CBr)c1C(F)(F)F. The summed E-state index contributed by atoms with van der Waals surface area (Å²) in [6.07, 6.45) is -3.16. The number of hydrogen-bond acceptors (Lipinski definition) is 2. The predicted molar refractivity (Wildman–Crippen MR) is 48.4 cm³/mol. The maximum Gasteiger partial charge on any atom is 0.421 e. The molecule has 0 aliphatic heterocycles. The second kappa shape index (κ2) is 4.16. The molecule has 1 rings (SSSR count). The molecule has 0 amide bonds. The van der Waals surface area contributed by atoms with Crippen LogP contribution in [0.1, 0.15) is 11.1 Å². The van der Waals surface area contributed by atoms with E-state index in [0.29, 0.717) is 0 Å². The summed E-state index contributed by atoms with van der Waals surface area (Å²) in [5.41, 5.74) is -0.705. The highest BCUT2D eigenvalue weighted by atomic mass is 79.9. The number of rotatable bonds is 2. The number of halogens is 4. The molecule has 1 aromatic rings. The number of methoxy groups -OCH3 is 1. The van der Waals surface area contributed by atoms with E-state index in [2.05, 4.69) is 25.7 Å². The van der Waals surface area contributed by atoms with Gasteiger partial charge in [-0.1, -0.05) is 15.9 Å². The van der Waals surface area contributed by atoms with Crippen molar-refractivity contribution in [2.24, 2.45) is 0 Å². The lowest BCUT2D eigenvalue weighted by molar-refractivity contribution is -0.139. The van der Waals surface area contributed by atoms with Gasteiger partial charge in [-0.25, -0.2) is 4.98 Å². The van der Waals surface area contributed by atoms with E-state index in [0.717, 1.165) is 7.11 Å². The van der Waals surface area contributed by atoms with Crippen LogP contribution in [0.15, 0.2) is 12.3 Å². The number of aromatic nitrogens is 1. The van der Waals surface area contributed by atoms with Crippen LogP contribution in [0, 0.1) is 0 Å². The minimum Gasteiger partial charge on any atom is -0.481 e. The molecule has 0 bridgehead atoms. The maximum atomic E-state index is 12.5. The molecule has 0 aromatic carbocycles. The number of pyridine rings is 1. The first-order valence-corrected chi connectivity index (χ1v) is 4.78. The number of nitrogens with zero attached hydrogens (tertiary/aromatic N) is 1. The highest BCUT2D eigenvalue weighted by Gasteiger charge is 2.37. The predicted octanol–water partition coefficient (Wildman–Crippen LogP) is 3.00. The van der Waals surface area contributed by atoms with E-state index in [4.69, 9.17) is 0 Å². The summed E-state index contributed by atoms with van der Waals surface area (Å²) in [7, 11) is 1.16. The van der Waals surface area contributed by atoms with Crippen molar-refractivity contribution in [1.82, 2.24) is 4.98 Å². The molecule has 2 nitrogen and oxygen atoms in total. The molecule has 1 aromatic heterocycles. The molecular formula is C8H7BrF3NO. The van der Waals surface area contributed by atoms with Crippen molar-refractivity contribution in [2.45, 2.75) is 11.5 Å². The van der Waals surface area contributed by atoms with Gasteiger partial charge in [0.25, 0.3) is 0 Å². The van der Waals surface area contributed by atoms with Crippen LogP contribution in [0.25, 0.3) is 0 Å². The van der Waals surface area contributed by atoms with Gasteiger partial charge in [-0.2, -0.15) is 13.2 Å². The third-order valence-electron chi connectivity index (χ3n) is 1.62. The van der Waals surface area contributed by atoms with Crippen molar-refractivity contribution in [3.8, 4) is 5.88 Å². The minimum absolute atomic E-state index is 0.112. The minimum atomic E-state index is -4.44. The zero-order valence-electron chi connectivity index (χ0n) is 7.23. The Hall–Kier alpha value is -0.780. The number of alkyl halides is 4. The third-order valence-corrected chi connectivity index (χ3v) is 2.23. The third kappa shape index (κ3) is 2.17. The normalized spacial score (nSPS) is 11.5. The molecule has 0 saturated heterocycles. The largest absolute Gasteiger partial charge is 0.481 e. The molecule has 78 valence electrons. The smallest absolute Gasteiger partial charge is 0.421 e. The summed E-state index contributed by atoms with van der Waals surface area (Å²) in [5.74, 6) is -0.394. The van der Waals surface area contributed by atoms with Crippen molar-refractivity contribution in [1.29, 1.82) is 0 Å². The first-order chi connectivity index (χ1) is 6.50. The van der Waals surface area contributed by atoms with Crippen LogP contribution in [-0.4, -0.2) is 12.1 Å². The van der Waals surface area contributed by atoms with E-state index in [1.165, 1.54) is 12.3 Å². The average Bonchev–Trinajstić information content (AvgIpc) is 2.15. The van der Waals surface area contributed by atoms with Gasteiger partial charge in [0.15, 0.2) is 0 Å². The van der Waals surface area contributed by atoms with E-state index in [-0.39, 0.29) is 10.9 Å². The van der Waals surface area contributed by atoms with E-state index >= 15 is 0 Å². The highest BCUT2D eigenvalue weighted by Crippen LogP contribution is 2.37. The first kappa shape index (κ1) is 11.3. The molecule has 0 aliphatic rings. The summed E-state index contributed by atoms with van der Waals surface area (Å²) < 4.78 is 42.2. The number of ether oxygens (including phenoxy) is 1. The van der Waals surface area contributed by atoms with Crippen molar-refractivity contribution in [2.75, 3.05) is 7.11 Å². The molecule has 6 heteroatoms. The van der Waals surface area contributed by atoms with Crippen molar-refractivity contribution in [3.63, 3.8) is 0 Å². The Morgan fingerprint density at radius 3 is 2.57 bits per heavy atom. The van der Waals surface area contributed by atoms with Gasteiger partial charge in [-0.15, -0.1) is 0 Å². The molecule has 0 radical (unpaired) electrons.